The maximum absolute atomic E-state index is 12.7. The van der Waals surface area contributed by atoms with E-state index in [1.165, 1.54) is 12.3 Å². The zero-order valence-corrected chi connectivity index (χ0v) is 8.07. The van der Waals surface area contributed by atoms with Crippen LogP contribution in [0.3, 0.4) is 0 Å². The third-order valence-electron chi connectivity index (χ3n) is 1.56. The van der Waals surface area contributed by atoms with Gasteiger partial charge in [-0.25, -0.2) is 9.97 Å². The van der Waals surface area contributed by atoms with Crippen molar-refractivity contribution in [1.29, 1.82) is 0 Å². The van der Waals surface area contributed by atoms with Gasteiger partial charge in [0.2, 0.25) is 5.95 Å². The molecule has 0 fully saturated rings. The standard InChI is InChI=1S/C8H5BrFN3/c9-7-4-13(5-12-7)6-1-2-11-8(10)3-6/h1-5H. The number of pyridine rings is 1. The SMILES string of the molecule is Fc1cc(-n2cnc(Br)c2)ccn1. The third-order valence-corrected chi connectivity index (χ3v) is 1.97. The minimum Gasteiger partial charge on any atom is -0.305 e. The van der Waals surface area contributed by atoms with Crippen molar-refractivity contribution >= 4 is 15.9 Å². The summed E-state index contributed by atoms with van der Waals surface area (Å²) in [6.45, 7) is 0. The van der Waals surface area contributed by atoms with Crippen LogP contribution in [0.25, 0.3) is 5.69 Å². The molecule has 0 bridgehead atoms. The molecular weight excluding hydrogens is 237 g/mol. The molecule has 0 aliphatic heterocycles. The van der Waals surface area contributed by atoms with Crippen molar-refractivity contribution in [2.75, 3.05) is 0 Å². The molecule has 2 rings (SSSR count). The van der Waals surface area contributed by atoms with Crippen LogP contribution in [0.1, 0.15) is 0 Å². The van der Waals surface area contributed by atoms with Crippen LogP contribution in [0.2, 0.25) is 0 Å². The first-order chi connectivity index (χ1) is 6.25. The van der Waals surface area contributed by atoms with Crippen molar-refractivity contribution < 1.29 is 4.39 Å². The van der Waals surface area contributed by atoms with E-state index in [1.54, 1.807) is 23.2 Å². The highest BCUT2D eigenvalue weighted by molar-refractivity contribution is 9.10. The quantitative estimate of drug-likeness (QED) is 0.717. The van der Waals surface area contributed by atoms with E-state index in [4.69, 9.17) is 0 Å². The smallest absolute Gasteiger partial charge is 0.214 e. The number of nitrogens with zero attached hydrogens (tertiary/aromatic N) is 3. The van der Waals surface area contributed by atoms with E-state index in [-0.39, 0.29) is 0 Å². The third kappa shape index (κ3) is 1.75. The molecule has 3 nitrogen and oxygen atoms in total. The van der Waals surface area contributed by atoms with E-state index in [0.29, 0.717) is 10.3 Å². The van der Waals surface area contributed by atoms with E-state index in [2.05, 4.69) is 25.9 Å². The van der Waals surface area contributed by atoms with Gasteiger partial charge in [0.1, 0.15) is 10.9 Å². The maximum Gasteiger partial charge on any atom is 0.214 e. The van der Waals surface area contributed by atoms with Gasteiger partial charge in [-0.3, -0.25) is 0 Å². The van der Waals surface area contributed by atoms with Gasteiger partial charge in [-0.2, -0.15) is 4.39 Å². The number of aromatic nitrogens is 3. The zero-order chi connectivity index (χ0) is 9.26. The van der Waals surface area contributed by atoms with Crippen LogP contribution < -0.4 is 0 Å². The lowest BCUT2D eigenvalue weighted by atomic mass is 10.4. The Bertz CT molecular complexity index is 427. The van der Waals surface area contributed by atoms with Crippen LogP contribution in [-0.2, 0) is 0 Å². The maximum atomic E-state index is 12.7. The average molecular weight is 242 g/mol. The summed E-state index contributed by atoms with van der Waals surface area (Å²) in [5.74, 6) is -0.498. The van der Waals surface area contributed by atoms with E-state index in [9.17, 15) is 4.39 Å². The van der Waals surface area contributed by atoms with Crippen molar-refractivity contribution in [3.05, 3.63) is 41.4 Å². The number of rotatable bonds is 1. The van der Waals surface area contributed by atoms with Crippen molar-refractivity contribution in [3.8, 4) is 5.69 Å². The number of imidazole rings is 1. The largest absolute Gasteiger partial charge is 0.305 e. The molecule has 0 spiro atoms. The molecule has 0 amide bonds. The van der Waals surface area contributed by atoms with Crippen molar-refractivity contribution in [3.63, 3.8) is 0 Å². The lowest BCUT2D eigenvalue weighted by Gasteiger charge is -1.99. The van der Waals surface area contributed by atoms with Crippen molar-refractivity contribution in [1.82, 2.24) is 14.5 Å². The van der Waals surface area contributed by atoms with Gasteiger partial charge >= 0.3 is 0 Å². The fourth-order valence-corrected chi connectivity index (χ4v) is 1.31. The van der Waals surface area contributed by atoms with E-state index >= 15 is 0 Å². The first kappa shape index (κ1) is 8.37. The molecule has 0 unspecified atom stereocenters. The second kappa shape index (κ2) is 3.26. The summed E-state index contributed by atoms with van der Waals surface area (Å²) in [7, 11) is 0. The Morgan fingerprint density at radius 2 is 2.23 bits per heavy atom. The minimum atomic E-state index is -0.498. The number of halogens is 2. The van der Waals surface area contributed by atoms with Gasteiger partial charge in [0.15, 0.2) is 0 Å². The van der Waals surface area contributed by atoms with Gasteiger partial charge in [-0.05, 0) is 22.0 Å². The van der Waals surface area contributed by atoms with Crippen molar-refractivity contribution in [2.45, 2.75) is 0 Å². The normalized spacial score (nSPS) is 10.3. The molecule has 2 aromatic heterocycles. The summed E-state index contributed by atoms with van der Waals surface area (Å²) in [6.07, 6.45) is 4.76. The van der Waals surface area contributed by atoms with E-state index < -0.39 is 5.95 Å². The molecule has 0 aromatic carbocycles. The zero-order valence-electron chi connectivity index (χ0n) is 6.48. The average Bonchev–Trinajstić information content (AvgIpc) is 2.52. The van der Waals surface area contributed by atoms with Crippen LogP contribution in [-0.4, -0.2) is 14.5 Å². The second-order valence-corrected chi connectivity index (χ2v) is 3.25. The fraction of sp³-hybridized carbons (Fsp3) is 0. The van der Waals surface area contributed by atoms with Gasteiger partial charge < -0.3 is 4.57 Å². The Morgan fingerprint density at radius 3 is 2.85 bits per heavy atom. The lowest BCUT2D eigenvalue weighted by molar-refractivity contribution is 0.582. The molecule has 0 saturated heterocycles. The van der Waals surface area contributed by atoms with Gasteiger partial charge in [-0.15, -0.1) is 0 Å². The van der Waals surface area contributed by atoms with Crippen LogP contribution >= 0.6 is 15.9 Å². The monoisotopic (exact) mass is 241 g/mol. The molecule has 2 aromatic rings. The topological polar surface area (TPSA) is 30.7 Å². The number of hydrogen-bond acceptors (Lipinski definition) is 2. The first-order valence-corrected chi connectivity index (χ1v) is 4.36. The summed E-state index contributed by atoms with van der Waals surface area (Å²) in [6, 6.07) is 3.05. The van der Waals surface area contributed by atoms with Gasteiger partial charge in [0.05, 0.1) is 5.69 Å². The summed E-state index contributed by atoms with van der Waals surface area (Å²) < 4.78 is 15.1. The molecule has 5 heteroatoms. The Kier molecular flexibility index (Phi) is 2.10. The molecule has 66 valence electrons. The summed E-state index contributed by atoms with van der Waals surface area (Å²) in [5.41, 5.74) is 0.700. The Morgan fingerprint density at radius 1 is 1.38 bits per heavy atom. The van der Waals surface area contributed by atoms with Crippen LogP contribution in [0.5, 0.6) is 0 Å². The Hall–Kier alpha value is -1.23. The highest BCUT2D eigenvalue weighted by Crippen LogP contribution is 2.11. The molecule has 0 atom stereocenters. The summed E-state index contributed by atoms with van der Waals surface area (Å²) in [5, 5.41) is 0. The Labute approximate surface area is 82.4 Å². The molecular formula is C8H5BrFN3. The predicted octanol–water partition coefficient (Wildman–Crippen LogP) is 2.17. The van der Waals surface area contributed by atoms with Crippen molar-refractivity contribution in [2.24, 2.45) is 0 Å². The molecule has 0 aliphatic carbocycles. The highest BCUT2D eigenvalue weighted by atomic mass is 79.9. The lowest BCUT2D eigenvalue weighted by Crippen LogP contribution is -1.91. The summed E-state index contributed by atoms with van der Waals surface area (Å²) in [4.78, 5) is 7.42. The fourth-order valence-electron chi connectivity index (χ4n) is 0.993. The van der Waals surface area contributed by atoms with Crippen LogP contribution in [0.15, 0.2) is 35.5 Å². The van der Waals surface area contributed by atoms with Crippen LogP contribution in [0, 0.1) is 5.95 Å². The Balaban J connectivity index is 2.46. The molecule has 2 heterocycles. The van der Waals surface area contributed by atoms with E-state index in [1.807, 2.05) is 0 Å². The molecule has 0 aliphatic rings. The summed E-state index contributed by atoms with van der Waals surface area (Å²) >= 11 is 3.21. The second-order valence-electron chi connectivity index (χ2n) is 2.44. The minimum absolute atomic E-state index is 0.498. The number of hydrogen-bond donors (Lipinski definition) is 0. The molecule has 0 radical (unpaired) electrons. The first-order valence-electron chi connectivity index (χ1n) is 3.57. The van der Waals surface area contributed by atoms with Gasteiger partial charge in [-0.1, -0.05) is 0 Å². The molecule has 0 N–H and O–H groups in total. The van der Waals surface area contributed by atoms with E-state index in [0.717, 1.165) is 0 Å². The van der Waals surface area contributed by atoms with Gasteiger partial charge in [0, 0.05) is 18.5 Å². The van der Waals surface area contributed by atoms with Crippen LogP contribution in [0.4, 0.5) is 4.39 Å². The predicted molar refractivity (Wildman–Crippen MR) is 49.0 cm³/mol. The molecule has 13 heavy (non-hydrogen) atoms. The highest BCUT2D eigenvalue weighted by Gasteiger charge is 1.99. The molecule has 0 saturated carbocycles. The van der Waals surface area contributed by atoms with Gasteiger partial charge in [0.25, 0.3) is 0 Å².